The van der Waals surface area contributed by atoms with Gasteiger partial charge in [0, 0.05) is 29.6 Å². The van der Waals surface area contributed by atoms with Gasteiger partial charge in [-0.25, -0.2) is 4.98 Å². The second-order valence-corrected chi connectivity index (χ2v) is 6.71. The highest BCUT2D eigenvalue weighted by Gasteiger charge is 2.24. The molecule has 5 nitrogen and oxygen atoms in total. The Bertz CT molecular complexity index is 826. The summed E-state index contributed by atoms with van der Waals surface area (Å²) in [4.78, 5) is 13.7. The van der Waals surface area contributed by atoms with Crippen LogP contribution in [0.2, 0.25) is 0 Å². The number of anilines is 1. The molecule has 0 spiro atoms. The maximum atomic E-state index is 8.79. The zero-order chi connectivity index (χ0) is 17.1. The minimum Gasteiger partial charge on any atom is -0.367 e. The van der Waals surface area contributed by atoms with Gasteiger partial charge in [0.05, 0.1) is 30.4 Å². The first-order valence-electron chi connectivity index (χ1n) is 8.96. The van der Waals surface area contributed by atoms with Crippen LogP contribution in [0.1, 0.15) is 54.5 Å². The van der Waals surface area contributed by atoms with Crippen LogP contribution < -0.4 is 5.32 Å². The van der Waals surface area contributed by atoms with E-state index in [-0.39, 0.29) is 0 Å². The maximum absolute atomic E-state index is 8.79. The summed E-state index contributed by atoms with van der Waals surface area (Å²) in [5.74, 6) is 0.946. The lowest BCUT2D eigenvalue weighted by molar-refractivity contribution is 0.462. The Morgan fingerprint density at radius 3 is 2.76 bits per heavy atom. The molecular weight excluding hydrogens is 310 g/mol. The zero-order valence-electron chi connectivity index (χ0n) is 14.2. The average molecular weight is 331 g/mol. The van der Waals surface area contributed by atoms with Crippen molar-refractivity contribution in [3.05, 3.63) is 53.0 Å². The second kappa shape index (κ2) is 7.02. The fraction of sp³-hybridized carbons (Fsp3) is 0.400. The van der Waals surface area contributed by atoms with Gasteiger partial charge in [-0.3, -0.25) is 9.98 Å². The standard InChI is InChI=1S/C20H21N5/c21-10-8-16-7-6-15(13-23-16)19-18-14(12-24-19)9-11-22-20(18)25-17-4-2-1-3-5-17/h6-7,9,11,13,17H,1-5,8,12H2,(H,22,25). The summed E-state index contributed by atoms with van der Waals surface area (Å²) in [6.07, 6.45) is 10.4. The van der Waals surface area contributed by atoms with Crippen LogP contribution in [0.25, 0.3) is 0 Å². The molecular formula is C20H21N5. The van der Waals surface area contributed by atoms with E-state index < -0.39 is 0 Å². The van der Waals surface area contributed by atoms with Crippen molar-refractivity contribution in [1.82, 2.24) is 9.97 Å². The topological polar surface area (TPSA) is 74.0 Å². The lowest BCUT2D eigenvalue weighted by atomic mass is 9.95. The Morgan fingerprint density at radius 1 is 1.12 bits per heavy atom. The number of nitriles is 1. The van der Waals surface area contributed by atoms with Gasteiger partial charge in [-0.15, -0.1) is 0 Å². The number of nitrogens with zero attached hydrogens (tertiary/aromatic N) is 4. The van der Waals surface area contributed by atoms with Gasteiger partial charge >= 0.3 is 0 Å². The summed E-state index contributed by atoms with van der Waals surface area (Å²) < 4.78 is 0. The Labute approximate surface area is 147 Å². The third-order valence-corrected chi connectivity index (χ3v) is 4.99. The number of fused-ring (bicyclic) bond motifs is 1. The van der Waals surface area contributed by atoms with E-state index in [1.807, 2.05) is 24.5 Å². The van der Waals surface area contributed by atoms with Gasteiger partial charge in [0.25, 0.3) is 0 Å². The van der Waals surface area contributed by atoms with Gasteiger partial charge in [0.1, 0.15) is 5.82 Å². The Morgan fingerprint density at radius 2 is 2.00 bits per heavy atom. The normalized spacial score (nSPS) is 16.8. The molecule has 0 unspecified atom stereocenters. The number of nitrogens with one attached hydrogen (secondary N) is 1. The van der Waals surface area contributed by atoms with Crippen LogP contribution in [0, 0.1) is 11.3 Å². The Hall–Kier alpha value is -2.74. The van der Waals surface area contributed by atoms with Crippen LogP contribution in [0.3, 0.4) is 0 Å². The smallest absolute Gasteiger partial charge is 0.135 e. The molecule has 5 heteroatoms. The molecule has 1 N–H and O–H groups in total. The van der Waals surface area contributed by atoms with E-state index >= 15 is 0 Å². The average Bonchev–Trinajstić information content (AvgIpc) is 3.09. The first-order chi connectivity index (χ1) is 12.3. The summed E-state index contributed by atoms with van der Waals surface area (Å²) >= 11 is 0. The third-order valence-electron chi connectivity index (χ3n) is 4.99. The minimum absolute atomic E-state index is 0.333. The fourth-order valence-electron chi connectivity index (χ4n) is 3.68. The Kier molecular flexibility index (Phi) is 4.43. The van der Waals surface area contributed by atoms with Gasteiger partial charge in [0.2, 0.25) is 0 Å². The van der Waals surface area contributed by atoms with Crippen molar-refractivity contribution < 1.29 is 0 Å². The molecule has 1 saturated carbocycles. The molecule has 2 aliphatic rings. The van der Waals surface area contributed by atoms with Gasteiger partial charge in [0.15, 0.2) is 0 Å². The molecule has 2 aromatic rings. The van der Waals surface area contributed by atoms with Crippen LogP contribution in [0.15, 0.2) is 35.6 Å². The van der Waals surface area contributed by atoms with Gasteiger partial charge in [-0.2, -0.15) is 5.26 Å². The zero-order valence-corrected chi connectivity index (χ0v) is 14.2. The molecule has 0 aromatic carbocycles. The summed E-state index contributed by atoms with van der Waals surface area (Å²) in [5, 5.41) is 12.4. The van der Waals surface area contributed by atoms with Crippen LogP contribution in [0.4, 0.5) is 5.82 Å². The molecule has 0 saturated heterocycles. The monoisotopic (exact) mass is 331 g/mol. The molecule has 1 fully saturated rings. The fourth-order valence-corrected chi connectivity index (χ4v) is 3.68. The van der Waals surface area contributed by atoms with E-state index in [9.17, 15) is 0 Å². The molecule has 3 heterocycles. The SMILES string of the molecule is N#CCc1ccc(C2=NCc3ccnc(NC4CCCCC4)c32)cn1. The molecule has 4 rings (SSSR count). The van der Waals surface area contributed by atoms with Crippen molar-refractivity contribution >= 4 is 11.5 Å². The van der Waals surface area contributed by atoms with Crippen molar-refractivity contribution in [2.75, 3.05) is 5.32 Å². The highest BCUT2D eigenvalue weighted by Crippen LogP contribution is 2.30. The van der Waals surface area contributed by atoms with Gasteiger partial charge in [-0.1, -0.05) is 19.3 Å². The summed E-state index contributed by atoms with van der Waals surface area (Å²) in [6, 6.07) is 8.60. The van der Waals surface area contributed by atoms with Crippen molar-refractivity contribution in [3.8, 4) is 6.07 Å². The predicted molar refractivity (Wildman–Crippen MR) is 97.6 cm³/mol. The quantitative estimate of drug-likeness (QED) is 0.928. The minimum atomic E-state index is 0.333. The van der Waals surface area contributed by atoms with Crippen molar-refractivity contribution in [2.45, 2.75) is 51.1 Å². The molecule has 0 amide bonds. The first-order valence-corrected chi connectivity index (χ1v) is 8.96. The van der Waals surface area contributed by atoms with E-state index in [1.165, 1.54) is 37.7 Å². The number of hydrogen-bond donors (Lipinski definition) is 1. The molecule has 2 aromatic heterocycles. The molecule has 0 bridgehead atoms. The van der Waals surface area contributed by atoms with Crippen molar-refractivity contribution in [1.29, 1.82) is 5.26 Å². The molecule has 0 radical (unpaired) electrons. The van der Waals surface area contributed by atoms with Crippen LogP contribution >= 0.6 is 0 Å². The number of pyridine rings is 2. The van der Waals surface area contributed by atoms with Crippen molar-refractivity contribution in [3.63, 3.8) is 0 Å². The van der Waals surface area contributed by atoms with E-state index in [0.717, 1.165) is 28.4 Å². The van der Waals surface area contributed by atoms with Gasteiger partial charge < -0.3 is 5.32 Å². The molecule has 1 aliphatic heterocycles. The maximum Gasteiger partial charge on any atom is 0.135 e. The number of aliphatic imine (C=N–C) groups is 1. The van der Waals surface area contributed by atoms with E-state index in [1.54, 1.807) is 0 Å². The van der Waals surface area contributed by atoms with Crippen LogP contribution in [-0.4, -0.2) is 21.7 Å². The lowest BCUT2D eigenvalue weighted by Gasteiger charge is -2.24. The largest absolute Gasteiger partial charge is 0.367 e. The lowest BCUT2D eigenvalue weighted by Crippen LogP contribution is -2.24. The Balaban J connectivity index is 1.63. The molecule has 1 aliphatic carbocycles. The molecule has 25 heavy (non-hydrogen) atoms. The number of rotatable bonds is 4. The third kappa shape index (κ3) is 3.25. The van der Waals surface area contributed by atoms with Gasteiger partial charge in [-0.05, 0) is 36.6 Å². The first kappa shape index (κ1) is 15.8. The summed E-state index contributed by atoms with van der Waals surface area (Å²) in [6.45, 7) is 0.687. The molecule has 0 atom stereocenters. The van der Waals surface area contributed by atoms with Crippen LogP contribution in [0.5, 0.6) is 0 Å². The highest BCUT2D eigenvalue weighted by atomic mass is 15.0. The highest BCUT2D eigenvalue weighted by molar-refractivity contribution is 6.17. The second-order valence-electron chi connectivity index (χ2n) is 6.71. The summed E-state index contributed by atoms with van der Waals surface area (Å²) in [5.41, 5.74) is 5.06. The van der Waals surface area contributed by atoms with Crippen molar-refractivity contribution in [2.24, 2.45) is 4.99 Å². The van der Waals surface area contributed by atoms with Crippen LogP contribution in [-0.2, 0) is 13.0 Å². The predicted octanol–water partition coefficient (Wildman–Crippen LogP) is 3.64. The molecule has 126 valence electrons. The summed E-state index contributed by atoms with van der Waals surface area (Å²) in [7, 11) is 0. The van der Waals surface area contributed by atoms with E-state index in [0.29, 0.717) is 19.0 Å². The number of aromatic nitrogens is 2. The van der Waals surface area contributed by atoms with E-state index in [4.69, 9.17) is 10.3 Å². The number of hydrogen-bond acceptors (Lipinski definition) is 5. The van der Waals surface area contributed by atoms with E-state index in [2.05, 4.69) is 27.4 Å².